The van der Waals surface area contributed by atoms with Crippen LogP contribution in [0.1, 0.15) is 31.5 Å². The zero-order valence-corrected chi connectivity index (χ0v) is 15.6. The molecule has 2 heterocycles. The third-order valence-corrected chi connectivity index (χ3v) is 4.00. The Labute approximate surface area is 157 Å². The standard InChI is InChI=1S/C19H23N5O3/c1-14(2)24-13-20-22-18(24)11-23(3)19(25)21-15-6-8-16(9-7-15)27-12-17-5-4-10-26-17/h4-10,13-14H,11-12H2,1-3H3,(H,21,25). The minimum atomic E-state index is -0.224. The topological polar surface area (TPSA) is 85.4 Å². The molecular formula is C19H23N5O3. The quantitative estimate of drug-likeness (QED) is 0.686. The molecule has 8 nitrogen and oxygen atoms in total. The van der Waals surface area contributed by atoms with Crippen molar-refractivity contribution >= 4 is 11.7 Å². The summed E-state index contributed by atoms with van der Waals surface area (Å²) in [7, 11) is 1.72. The second-order valence-corrected chi connectivity index (χ2v) is 6.43. The number of furan rings is 1. The predicted molar refractivity (Wildman–Crippen MR) is 100 cm³/mol. The van der Waals surface area contributed by atoms with Gasteiger partial charge in [0.2, 0.25) is 0 Å². The molecule has 142 valence electrons. The van der Waals surface area contributed by atoms with Crippen molar-refractivity contribution < 1.29 is 13.9 Å². The van der Waals surface area contributed by atoms with Gasteiger partial charge in [-0.2, -0.15) is 0 Å². The minimum Gasteiger partial charge on any atom is -0.486 e. The van der Waals surface area contributed by atoms with Gasteiger partial charge in [-0.25, -0.2) is 4.79 Å². The van der Waals surface area contributed by atoms with Gasteiger partial charge in [0, 0.05) is 18.8 Å². The number of anilines is 1. The van der Waals surface area contributed by atoms with E-state index in [-0.39, 0.29) is 12.1 Å². The zero-order valence-electron chi connectivity index (χ0n) is 15.6. The van der Waals surface area contributed by atoms with E-state index in [4.69, 9.17) is 9.15 Å². The lowest BCUT2D eigenvalue weighted by Crippen LogP contribution is -2.32. The highest BCUT2D eigenvalue weighted by Gasteiger charge is 2.14. The molecule has 1 aromatic carbocycles. The molecule has 8 heteroatoms. The number of hydrogen-bond donors (Lipinski definition) is 1. The molecule has 3 rings (SSSR count). The van der Waals surface area contributed by atoms with Gasteiger partial charge in [0.25, 0.3) is 0 Å². The average Bonchev–Trinajstić information content (AvgIpc) is 3.32. The molecule has 3 aromatic rings. The Bertz CT molecular complexity index is 856. The van der Waals surface area contributed by atoms with E-state index in [9.17, 15) is 4.79 Å². The third-order valence-electron chi connectivity index (χ3n) is 4.00. The molecule has 0 aliphatic heterocycles. The van der Waals surface area contributed by atoms with Crippen molar-refractivity contribution in [3.05, 3.63) is 60.6 Å². The van der Waals surface area contributed by atoms with Crippen LogP contribution in [-0.4, -0.2) is 32.7 Å². The predicted octanol–water partition coefficient (Wildman–Crippen LogP) is 3.69. The summed E-state index contributed by atoms with van der Waals surface area (Å²) in [5.74, 6) is 2.19. The van der Waals surface area contributed by atoms with E-state index in [1.165, 1.54) is 0 Å². The van der Waals surface area contributed by atoms with Crippen LogP contribution in [0.15, 0.2) is 53.4 Å². The van der Waals surface area contributed by atoms with Gasteiger partial charge in [-0.1, -0.05) is 0 Å². The van der Waals surface area contributed by atoms with Crippen molar-refractivity contribution in [3.63, 3.8) is 0 Å². The number of hydrogen-bond acceptors (Lipinski definition) is 5. The lowest BCUT2D eigenvalue weighted by Gasteiger charge is -2.19. The molecular weight excluding hydrogens is 346 g/mol. The normalized spacial score (nSPS) is 10.8. The molecule has 0 bridgehead atoms. The summed E-state index contributed by atoms with van der Waals surface area (Å²) in [6.07, 6.45) is 3.28. The maximum atomic E-state index is 12.4. The summed E-state index contributed by atoms with van der Waals surface area (Å²) in [4.78, 5) is 14.0. The monoisotopic (exact) mass is 369 g/mol. The maximum Gasteiger partial charge on any atom is 0.321 e. The van der Waals surface area contributed by atoms with Crippen molar-refractivity contribution in [2.75, 3.05) is 12.4 Å². The molecule has 2 aromatic heterocycles. The summed E-state index contributed by atoms with van der Waals surface area (Å²) in [5, 5.41) is 10.9. The number of carbonyl (C=O) groups excluding carboxylic acids is 1. The summed E-state index contributed by atoms with van der Waals surface area (Å²) >= 11 is 0. The highest BCUT2D eigenvalue weighted by Crippen LogP contribution is 2.18. The van der Waals surface area contributed by atoms with Gasteiger partial charge in [0.1, 0.15) is 24.4 Å². The number of benzene rings is 1. The molecule has 0 aliphatic rings. The Hall–Kier alpha value is -3.29. The zero-order chi connectivity index (χ0) is 19.2. The Morgan fingerprint density at radius 1 is 1.30 bits per heavy atom. The molecule has 0 fully saturated rings. The Balaban J connectivity index is 1.53. The first-order valence-corrected chi connectivity index (χ1v) is 8.68. The first-order valence-electron chi connectivity index (χ1n) is 8.68. The number of aromatic nitrogens is 3. The van der Waals surface area contributed by atoms with E-state index in [1.54, 1.807) is 48.8 Å². The minimum absolute atomic E-state index is 0.224. The van der Waals surface area contributed by atoms with Gasteiger partial charge < -0.3 is 23.9 Å². The molecule has 0 saturated heterocycles. The fraction of sp³-hybridized carbons (Fsp3) is 0.316. The second kappa shape index (κ2) is 8.39. The Kier molecular flexibility index (Phi) is 5.75. The number of urea groups is 1. The van der Waals surface area contributed by atoms with E-state index in [0.717, 1.165) is 11.6 Å². The van der Waals surface area contributed by atoms with Crippen molar-refractivity contribution in [2.45, 2.75) is 33.0 Å². The maximum absolute atomic E-state index is 12.4. The van der Waals surface area contributed by atoms with Crippen LogP contribution in [0.5, 0.6) is 5.75 Å². The van der Waals surface area contributed by atoms with E-state index in [0.29, 0.717) is 24.6 Å². The number of amides is 2. The van der Waals surface area contributed by atoms with E-state index in [2.05, 4.69) is 15.5 Å². The molecule has 0 unspecified atom stereocenters. The summed E-state index contributed by atoms with van der Waals surface area (Å²) in [5.41, 5.74) is 0.683. The number of rotatable bonds is 7. The van der Waals surface area contributed by atoms with Crippen LogP contribution in [0, 0.1) is 0 Å². The van der Waals surface area contributed by atoms with Crippen molar-refractivity contribution in [3.8, 4) is 5.75 Å². The highest BCUT2D eigenvalue weighted by atomic mass is 16.5. The second-order valence-electron chi connectivity index (χ2n) is 6.43. The van der Waals surface area contributed by atoms with Crippen LogP contribution in [-0.2, 0) is 13.2 Å². The Morgan fingerprint density at radius 2 is 2.07 bits per heavy atom. The molecule has 2 amide bonds. The van der Waals surface area contributed by atoms with Gasteiger partial charge in [0.15, 0.2) is 5.82 Å². The molecule has 27 heavy (non-hydrogen) atoms. The van der Waals surface area contributed by atoms with Crippen molar-refractivity contribution in [1.82, 2.24) is 19.7 Å². The van der Waals surface area contributed by atoms with Crippen LogP contribution in [0.4, 0.5) is 10.5 Å². The van der Waals surface area contributed by atoms with Crippen LogP contribution < -0.4 is 10.1 Å². The van der Waals surface area contributed by atoms with Gasteiger partial charge >= 0.3 is 6.03 Å². The smallest absolute Gasteiger partial charge is 0.321 e. The molecule has 0 spiro atoms. The molecule has 1 N–H and O–H groups in total. The number of carbonyl (C=O) groups is 1. The van der Waals surface area contributed by atoms with E-state index in [1.807, 2.05) is 30.5 Å². The van der Waals surface area contributed by atoms with Crippen LogP contribution in [0.3, 0.4) is 0 Å². The van der Waals surface area contributed by atoms with Crippen LogP contribution in [0.25, 0.3) is 0 Å². The van der Waals surface area contributed by atoms with Crippen LogP contribution in [0.2, 0.25) is 0 Å². The fourth-order valence-electron chi connectivity index (χ4n) is 2.50. The van der Waals surface area contributed by atoms with Gasteiger partial charge in [-0.05, 0) is 50.2 Å². The van der Waals surface area contributed by atoms with Gasteiger partial charge in [0.05, 0.1) is 12.8 Å². The fourth-order valence-corrected chi connectivity index (χ4v) is 2.50. The third kappa shape index (κ3) is 4.87. The van der Waals surface area contributed by atoms with Crippen LogP contribution >= 0.6 is 0 Å². The largest absolute Gasteiger partial charge is 0.486 e. The number of nitrogens with one attached hydrogen (secondary N) is 1. The molecule has 0 saturated carbocycles. The average molecular weight is 369 g/mol. The summed E-state index contributed by atoms with van der Waals surface area (Å²) < 4.78 is 12.8. The molecule has 0 aliphatic carbocycles. The lowest BCUT2D eigenvalue weighted by atomic mass is 10.3. The van der Waals surface area contributed by atoms with Gasteiger partial charge in [-0.15, -0.1) is 10.2 Å². The van der Waals surface area contributed by atoms with E-state index < -0.39 is 0 Å². The van der Waals surface area contributed by atoms with Crippen molar-refractivity contribution in [2.24, 2.45) is 0 Å². The first kappa shape index (κ1) is 18.5. The summed E-state index contributed by atoms with van der Waals surface area (Å²) in [6, 6.07) is 10.9. The van der Waals surface area contributed by atoms with Crippen molar-refractivity contribution in [1.29, 1.82) is 0 Å². The van der Waals surface area contributed by atoms with E-state index >= 15 is 0 Å². The Morgan fingerprint density at radius 3 is 2.74 bits per heavy atom. The highest BCUT2D eigenvalue weighted by molar-refractivity contribution is 5.89. The molecule has 0 atom stereocenters. The summed E-state index contributed by atoms with van der Waals surface area (Å²) in [6.45, 7) is 4.82. The SMILES string of the molecule is CC(C)n1cnnc1CN(C)C(=O)Nc1ccc(OCc2ccco2)cc1. The van der Waals surface area contributed by atoms with Gasteiger partial charge in [-0.3, -0.25) is 0 Å². The number of ether oxygens (including phenoxy) is 1. The lowest BCUT2D eigenvalue weighted by molar-refractivity contribution is 0.218. The number of nitrogens with zero attached hydrogens (tertiary/aromatic N) is 4. The molecule has 0 radical (unpaired) electrons. The first-order chi connectivity index (χ1) is 13.0.